The van der Waals surface area contributed by atoms with Gasteiger partial charge in [0.25, 0.3) is 10.0 Å². The maximum absolute atomic E-state index is 13.5. The molecule has 3 aromatic carbocycles. The molecule has 1 fully saturated rings. The first kappa shape index (κ1) is 25.8. The van der Waals surface area contributed by atoms with Gasteiger partial charge in [-0.05, 0) is 79.8 Å². The highest BCUT2D eigenvalue weighted by Crippen LogP contribution is 2.27. The lowest BCUT2D eigenvalue weighted by molar-refractivity contribution is -0.114. The van der Waals surface area contributed by atoms with Gasteiger partial charge < -0.3 is 19.9 Å². The smallest absolute Gasteiger partial charge is 0.264 e. The fraction of sp³-hybridized carbons (Fsp3) is 0.269. The summed E-state index contributed by atoms with van der Waals surface area (Å²) in [6.07, 6.45) is 0. The van der Waals surface area contributed by atoms with Crippen LogP contribution in [0.25, 0.3) is 0 Å². The second-order valence-corrected chi connectivity index (χ2v) is 10.8. The van der Waals surface area contributed by atoms with E-state index in [1.807, 2.05) is 24.3 Å². The number of benzene rings is 3. The molecule has 1 aliphatic rings. The number of halogens is 1. The first-order valence-corrected chi connectivity index (χ1v) is 13.3. The lowest BCUT2D eigenvalue weighted by atomic mass is 10.2. The van der Waals surface area contributed by atoms with Crippen molar-refractivity contribution in [1.29, 1.82) is 0 Å². The van der Waals surface area contributed by atoms with E-state index in [1.165, 1.54) is 19.2 Å². The predicted molar refractivity (Wildman–Crippen MR) is 144 cm³/mol. The first-order chi connectivity index (χ1) is 17.3. The average Bonchev–Trinajstić information content (AvgIpc) is 2.89. The lowest BCUT2D eigenvalue weighted by Crippen LogP contribution is -2.44. The molecule has 8 nitrogen and oxygen atoms in total. The maximum Gasteiger partial charge on any atom is 0.264 e. The zero-order valence-electron chi connectivity index (χ0n) is 20.2. The van der Waals surface area contributed by atoms with Gasteiger partial charge in [0.1, 0.15) is 12.3 Å². The Labute approximate surface area is 217 Å². The predicted octanol–water partition coefficient (Wildman–Crippen LogP) is 3.93. The van der Waals surface area contributed by atoms with Crippen LogP contribution in [0.4, 0.5) is 17.1 Å². The number of sulfonamides is 1. The Bertz CT molecular complexity index is 1280. The molecule has 0 unspecified atom stereocenters. The molecule has 1 heterocycles. The molecule has 0 bridgehead atoms. The molecule has 3 aromatic rings. The topological polar surface area (TPSA) is 82.2 Å². The van der Waals surface area contributed by atoms with Crippen LogP contribution in [0.15, 0.2) is 77.7 Å². The maximum atomic E-state index is 13.5. The largest absolute Gasteiger partial charge is 0.497 e. The number of hydrogen-bond donors (Lipinski definition) is 1. The van der Waals surface area contributed by atoms with Gasteiger partial charge in [-0.2, -0.15) is 0 Å². The third kappa shape index (κ3) is 6.10. The Morgan fingerprint density at radius 2 is 1.56 bits per heavy atom. The minimum atomic E-state index is -4.04. The first-order valence-electron chi connectivity index (χ1n) is 11.5. The Morgan fingerprint density at radius 1 is 0.944 bits per heavy atom. The van der Waals surface area contributed by atoms with Crippen molar-refractivity contribution in [2.75, 3.05) is 61.4 Å². The summed E-state index contributed by atoms with van der Waals surface area (Å²) in [5.41, 5.74) is 2.01. The van der Waals surface area contributed by atoms with E-state index in [0.29, 0.717) is 22.1 Å². The Kier molecular flexibility index (Phi) is 8.03. The minimum Gasteiger partial charge on any atom is -0.497 e. The summed E-state index contributed by atoms with van der Waals surface area (Å²) < 4.78 is 33.2. The quantitative estimate of drug-likeness (QED) is 0.477. The van der Waals surface area contributed by atoms with E-state index in [4.69, 9.17) is 16.3 Å². The van der Waals surface area contributed by atoms with Crippen molar-refractivity contribution in [2.45, 2.75) is 4.90 Å². The van der Waals surface area contributed by atoms with E-state index in [0.717, 1.165) is 36.2 Å². The monoisotopic (exact) mass is 528 g/mol. The van der Waals surface area contributed by atoms with Crippen LogP contribution in [-0.4, -0.2) is 66.1 Å². The van der Waals surface area contributed by atoms with E-state index in [9.17, 15) is 13.2 Å². The molecule has 0 radical (unpaired) electrons. The molecule has 1 aliphatic heterocycles. The number of likely N-dealkylation sites (N-methyl/N-ethyl adjacent to an activating group) is 1. The Hall–Kier alpha value is -3.27. The van der Waals surface area contributed by atoms with E-state index in [2.05, 4.69) is 22.2 Å². The SMILES string of the molecule is COc1ccc(S(=O)(=O)N(CC(=O)Nc2ccc(N3CCN(C)CC3)cc2)c2ccc(Cl)cc2)cc1. The average molecular weight is 529 g/mol. The van der Waals surface area contributed by atoms with Crippen molar-refractivity contribution >= 4 is 44.6 Å². The van der Waals surface area contributed by atoms with E-state index in [1.54, 1.807) is 36.4 Å². The number of amides is 1. The van der Waals surface area contributed by atoms with Crippen molar-refractivity contribution < 1.29 is 17.9 Å². The molecule has 1 N–H and O–H groups in total. The molecule has 0 atom stereocenters. The molecule has 0 aliphatic carbocycles. The minimum absolute atomic E-state index is 0.0441. The number of anilines is 3. The van der Waals surface area contributed by atoms with Gasteiger partial charge in [-0.15, -0.1) is 0 Å². The number of hydrogen-bond acceptors (Lipinski definition) is 6. The number of piperazine rings is 1. The van der Waals surface area contributed by atoms with Crippen LogP contribution in [0.3, 0.4) is 0 Å². The van der Waals surface area contributed by atoms with E-state index in [-0.39, 0.29) is 4.90 Å². The van der Waals surface area contributed by atoms with Gasteiger partial charge in [-0.25, -0.2) is 8.42 Å². The number of carbonyl (C=O) groups is 1. The van der Waals surface area contributed by atoms with Gasteiger partial charge in [0.2, 0.25) is 5.91 Å². The molecule has 0 spiro atoms. The molecule has 0 saturated carbocycles. The van der Waals surface area contributed by atoms with Crippen molar-refractivity contribution in [3.63, 3.8) is 0 Å². The zero-order chi connectivity index (χ0) is 25.7. The molecule has 4 rings (SSSR count). The summed E-state index contributed by atoms with van der Waals surface area (Å²) in [5, 5.41) is 3.28. The molecular weight excluding hydrogens is 500 g/mol. The number of carbonyl (C=O) groups excluding carboxylic acids is 1. The Morgan fingerprint density at radius 3 is 2.14 bits per heavy atom. The molecule has 10 heteroatoms. The molecule has 0 aromatic heterocycles. The summed E-state index contributed by atoms with van der Waals surface area (Å²) in [4.78, 5) is 17.6. The van der Waals surface area contributed by atoms with Crippen molar-refractivity contribution in [2.24, 2.45) is 0 Å². The van der Waals surface area contributed by atoms with Crippen molar-refractivity contribution in [1.82, 2.24) is 4.90 Å². The van der Waals surface area contributed by atoms with E-state index >= 15 is 0 Å². The summed E-state index contributed by atoms with van der Waals surface area (Å²) in [6, 6.07) is 19.9. The van der Waals surface area contributed by atoms with Gasteiger partial charge in [-0.3, -0.25) is 9.10 Å². The highest BCUT2D eigenvalue weighted by Gasteiger charge is 2.27. The fourth-order valence-electron chi connectivity index (χ4n) is 3.95. The van der Waals surface area contributed by atoms with Crippen LogP contribution in [0, 0.1) is 0 Å². The molecule has 1 saturated heterocycles. The van der Waals surface area contributed by atoms with Gasteiger partial charge in [-0.1, -0.05) is 11.6 Å². The highest BCUT2D eigenvalue weighted by molar-refractivity contribution is 7.92. The second-order valence-electron chi connectivity index (χ2n) is 8.55. The van der Waals surface area contributed by atoms with Crippen LogP contribution in [-0.2, 0) is 14.8 Å². The summed E-state index contributed by atoms with van der Waals surface area (Å²) in [6.45, 7) is 3.49. The zero-order valence-corrected chi connectivity index (χ0v) is 21.8. The van der Waals surface area contributed by atoms with Gasteiger partial charge >= 0.3 is 0 Å². The Balaban J connectivity index is 1.51. The molecule has 36 heavy (non-hydrogen) atoms. The lowest BCUT2D eigenvalue weighted by Gasteiger charge is -2.34. The normalized spacial score (nSPS) is 14.4. The van der Waals surface area contributed by atoms with Gasteiger partial charge in [0.05, 0.1) is 17.7 Å². The van der Waals surface area contributed by atoms with Gasteiger partial charge in [0, 0.05) is 42.6 Å². The summed E-state index contributed by atoms with van der Waals surface area (Å²) in [7, 11) is -0.427. The number of ether oxygens (including phenoxy) is 1. The van der Waals surface area contributed by atoms with Crippen LogP contribution in [0.5, 0.6) is 5.75 Å². The van der Waals surface area contributed by atoms with Crippen molar-refractivity contribution in [3.8, 4) is 5.75 Å². The van der Waals surface area contributed by atoms with Crippen LogP contribution in [0.2, 0.25) is 5.02 Å². The van der Waals surface area contributed by atoms with Gasteiger partial charge in [0.15, 0.2) is 0 Å². The molecular formula is C26H29ClN4O4S. The third-order valence-electron chi connectivity index (χ3n) is 6.07. The number of nitrogens with one attached hydrogen (secondary N) is 1. The third-order valence-corrected chi connectivity index (χ3v) is 8.11. The summed E-state index contributed by atoms with van der Waals surface area (Å²) in [5.74, 6) is 0.0686. The fourth-order valence-corrected chi connectivity index (χ4v) is 5.50. The molecule has 190 valence electrons. The number of methoxy groups -OCH3 is 1. The van der Waals surface area contributed by atoms with E-state index < -0.39 is 22.5 Å². The molecule has 1 amide bonds. The van der Waals surface area contributed by atoms with Crippen LogP contribution < -0.4 is 19.3 Å². The number of nitrogens with zero attached hydrogens (tertiary/aromatic N) is 3. The highest BCUT2D eigenvalue weighted by atomic mass is 35.5. The second kappa shape index (κ2) is 11.2. The van der Waals surface area contributed by atoms with Crippen molar-refractivity contribution in [3.05, 3.63) is 77.8 Å². The van der Waals surface area contributed by atoms with Crippen LogP contribution >= 0.6 is 11.6 Å². The summed E-state index contributed by atoms with van der Waals surface area (Å²) >= 11 is 6.00. The van der Waals surface area contributed by atoms with Crippen LogP contribution in [0.1, 0.15) is 0 Å². The standard InChI is InChI=1S/C26H29ClN4O4S/c1-29-15-17-30(18-16-29)22-9-5-21(6-10-22)28-26(32)19-31(23-7-3-20(27)4-8-23)36(33,34)25-13-11-24(35-2)12-14-25/h3-14H,15-19H2,1-2H3,(H,28,32). The number of rotatable bonds is 8.